The van der Waals surface area contributed by atoms with E-state index in [9.17, 15) is 0 Å². The highest BCUT2D eigenvalue weighted by molar-refractivity contribution is 5.80. The first kappa shape index (κ1) is 23.3. The average molecular weight is 407 g/mol. The maximum atomic E-state index is 5.61. The average Bonchev–Trinajstić information content (AvgIpc) is 2.77. The minimum Gasteiger partial charge on any atom is -0.495 e. The molecule has 0 amide bonds. The van der Waals surface area contributed by atoms with Crippen molar-refractivity contribution in [1.29, 1.82) is 0 Å². The van der Waals surface area contributed by atoms with Gasteiger partial charge in [0.05, 0.1) is 32.6 Å². The minimum atomic E-state index is 0.341. The van der Waals surface area contributed by atoms with Crippen molar-refractivity contribution in [3.8, 4) is 5.75 Å². The van der Waals surface area contributed by atoms with Crippen LogP contribution in [0.5, 0.6) is 5.75 Å². The lowest BCUT2D eigenvalue weighted by Gasteiger charge is -2.36. The van der Waals surface area contributed by atoms with Crippen molar-refractivity contribution < 1.29 is 14.2 Å². The standard InChI is InChI=1S/C22H38N4O3/c1-4-5-14-28-16-17-29-15-12-24-22(23-2)25-19-9-8-13-26(18-19)20-10-6-7-11-21(20)27-3/h6-7,10-11,19H,4-5,8-9,12-18H2,1-3H3,(H2,23,24,25). The highest BCUT2D eigenvalue weighted by Gasteiger charge is 2.22. The second-order valence-electron chi connectivity index (χ2n) is 7.18. The molecule has 1 aliphatic heterocycles. The maximum absolute atomic E-state index is 5.61. The van der Waals surface area contributed by atoms with E-state index in [1.807, 2.05) is 12.1 Å². The lowest BCUT2D eigenvalue weighted by molar-refractivity contribution is 0.0487. The number of methoxy groups -OCH3 is 1. The van der Waals surface area contributed by atoms with Gasteiger partial charge in [0, 0.05) is 39.3 Å². The largest absolute Gasteiger partial charge is 0.495 e. The number of nitrogens with zero attached hydrogens (tertiary/aromatic N) is 2. The van der Waals surface area contributed by atoms with E-state index < -0.39 is 0 Å². The summed E-state index contributed by atoms with van der Waals surface area (Å²) in [6.45, 7) is 7.60. The minimum absolute atomic E-state index is 0.341. The van der Waals surface area contributed by atoms with Crippen molar-refractivity contribution in [2.45, 2.75) is 38.6 Å². The van der Waals surface area contributed by atoms with Crippen LogP contribution in [0, 0.1) is 0 Å². The third-order valence-corrected chi connectivity index (χ3v) is 4.96. The molecule has 0 aromatic heterocycles. The summed E-state index contributed by atoms with van der Waals surface area (Å²) in [4.78, 5) is 6.74. The van der Waals surface area contributed by atoms with Gasteiger partial charge in [-0.05, 0) is 31.4 Å². The molecule has 1 aromatic rings. The Morgan fingerprint density at radius 3 is 2.72 bits per heavy atom. The van der Waals surface area contributed by atoms with Crippen LogP contribution in [0.25, 0.3) is 0 Å². The Morgan fingerprint density at radius 1 is 1.17 bits per heavy atom. The molecule has 0 bridgehead atoms. The molecular weight excluding hydrogens is 368 g/mol. The van der Waals surface area contributed by atoms with Crippen molar-refractivity contribution in [2.75, 3.05) is 65.1 Å². The Bertz CT molecular complexity index is 597. The van der Waals surface area contributed by atoms with Crippen LogP contribution >= 0.6 is 0 Å². The van der Waals surface area contributed by atoms with Crippen molar-refractivity contribution >= 4 is 11.6 Å². The lowest BCUT2D eigenvalue weighted by atomic mass is 10.0. The van der Waals surface area contributed by atoms with Crippen LogP contribution in [0.2, 0.25) is 0 Å². The molecule has 1 saturated heterocycles. The molecule has 7 nitrogen and oxygen atoms in total. The van der Waals surface area contributed by atoms with E-state index >= 15 is 0 Å². The topological polar surface area (TPSA) is 67.4 Å². The van der Waals surface area contributed by atoms with E-state index in [2.05, 4.69) is 39.6 Å². The predicted octanol–water partition coefficient (Wildman–Crippen LogP) is 2.66. The van der Waals surface area contributed by atoms with Gasteiger partial charge in [0.1, 0.15) is 5.75 Å². The third kappa shape index (κ3) is 8.50. The number of ether oxygens (including phenoxy) is 3. The summed E-state index contributed by atoms with van der Waals surface area (Å²) in [6, 6.07) is 8.55. The molecule has 2 N–H and O–H groups in total. The van der Waals surface area contributed by atoms with E-state index in [1.165, 1.54) is 0 Å². The number of nitrogens with one attached hydrogen (secondary N) is 2. The monoisotopic (exact) mass is 406 g/mol. The molecule has 164 valence electrons. The fourth-order valence-corrected chi connectivity index (χ4v) is 3.40. The fraction of sp³-hybridized carbons (Fsp3) is 0.682. The quantitative estimate of drug-likeness (QED) is 0.316. The van der Waals surface area contributed by atoms with Gasteiger partial charge in [0.15, 0.2) is 5.96 Å². The molecule has 29 heavy (non-hydrogen) atoms. The zero-order chi connectivity index (χ0) is 20.7. The Balaban J connectivity index is 1.68. The van der Waals surface area contributed by atoms with Crippen molar-refractivity contribution in [3.05, 3.63) is 24.3 Å². The van der Waals surface area contributed by atoms with E-state index in [1.54, 1.807) is 14.2 Å². The molecule has 1 fully saturated rings. The van der Waals surface area contributed by atoms with E-state index in [0.717, 1.165) is 69.3 Å². The van der Waals surface area contributed by atoms with Crippen LogP contribution in [0.15, 0.2) is 29.3 Å². The molecule has 7 heteroatoms. The highest BCUT2D eigenvalue weighted by atomic mass is 16.5. The van der Waals surface area contributed by atoms with Gasteiger partial charge in [-0.1, -0.05) is 25.5 Å². The second kappa shape index (κ2) is 14.1. The summed E-state index contributed by atoms with van der Waals surface area (Å²) in [6.07, 6.45) is 4.53. The first-order valence-electron chi connectivity index (χ1n) is 10.8. The number of hydrogen-bond acceptors (Lipinski definition) is 5. The summed E-state index contributed by atoms with van der Waals surface area (Å²) < 4.78 is 16.6. The Hall–Kier alpha value is -1.99. The fourth-order valence-electron chi connectivity index (χ4n) is 3.40. The number of unbranched alkanes of at least 4 members (excludes halogenated alkanes) is 1. The van der Waals surface area contributed by atoms with Gasteiger partial charge in [0.25, 0.3) is 0 Å². The van der Waals surface area contributed by atoms with E-state index in [0.29, 0.717) is 25.9 Å². The van der Waals surface area contributed by atoms with Gasteiger partial charge >= 0.3 is 0 Å². The zero-order valence-corrected chi connectivity index (χ0v) is 18.3. The van der Waals surface area contributed by atoms with Crippen LogP contribution < -0.4 is 20.3 Å². The smallest absolute Gasteiger partial charge is 0.191 e. The molecule has 2 rings (SSSR count). The Kier molecular flexibility index (Phi) is 11.3. The Morgan fingerprint density at radius 2 is 1.97 bits per heavy atom. The first-order chi connectivity index (χ1) is 14.3. The molecule has 0 radical (unpaired) electrons. The molecule has 1 atom stereocenters. The SMILES string of the molecule is CCCCOCCOCCNC(=NC)NC1CCCN(c2ccccc2OC)C1. The van der Waals surface area contributed by atoms with Crippen LogP contribution in [0.1, 0.15) is 32.6 Å². The van der Waals surface area contributed by atoms with Gasteiger partial charge < -0.3 is 29.7 Å². The van der Waals surface area contributed by atoms with Crippen molar-refractivity contribution in [3.63, 3.8) is 0 Å². The molecule has 1 heterocycles. The third-order valence-electron chi connectivity index (χ3n) is 4.96. The summed E-state index contributed by atoms with van der Waals surface area (Å²) in [7, 11) is 3.53. The molecule has 1 aliphatic rings. The molecule has 0 saturated carbocycles. The maximum Gasteiger partial charge on any atom is 0.191 e. The normalized spacial score (nSPS) is 17.3. The van der Waals surface area contributed by atoms with E-state index in [-0.39, 0.29) is 0 Å². The zero-order valence-electron chi connectivity index (χ0n) is 18.3. The Labute approximate surface area is 175 Å². The number of aliphatic imine (C=N–C) groups is 1. The number of benzene rings is 1. The summed E-state index contributed by atoms with van der Waals surface area (Å²) in [5, 5.41) is 6.88. The molecule has 1 aromatic carbocycles. The predicted molar refractivity (Wildman–Crippen MR) is 119 cm³/mol. The summed E-state index contributed by atoms with van der Waals surface area (Å²) >= 11 is 0. The number of rotatable bonds is 12. The number of hydrogen-bond donors (Lipinski definition) is 2. The molecule has 1 unspecified atom stereocenters. The van der Waals surface area contributed by atoms with Crippen LogP contribution in [-0.4, -0.2) is 72.2 Å². The van der Waals surface area contributed by atoms with Crippen LogP contribution in [0.4, 0.5) is 5.69 Å². The van der Waals surface area contributed by atoms with Gasteiger partial charge in [0.2, 0.25) is 0 Å². The van der Waals surface area contributed by atoms with E-state index in [4.69, 9.17) is 14.2 Å². The van der Waals surface area contributed by atoms with Crippen LogP contribution in [-0.2, 0) is 9.47 Å². The van der Waals surface area contributed by atoms with Gasteiger partial charge in [-0.25, -0.2) is 0 Å². The van der Waals surface area contributed by atoms with Gasteiger partial charge in [-0.3, -0.25) is 4.99 Å². The van der Waals surface area contributed by atoms with Gasteiger partial charge in [-0.2, -0.15) is 0 Å². The molecule has 0 spiro atoms. The number of piperidine rings is 1. The summed E-state index contributed by atoms with van der Waals surface area (Å²) in [5.74, 6) is 1.74. The second-order valence-corrected chi connectivity index (χ2v) is 7.18. The number of guanidine groups is 1. The lowest BCUT2D eigenvalue weighted by Crippen LogP contribution is -2.51. The van der Waals surface area contributed by atoms with Crippen LogP contribution in [0.3, 0.4) is 0 Å². The van der Waals surface area contributed by atoms with Crippen molar-refractivity contribution in [2.24, 2.45) is 4.99 Å². The number of para-hydroxylation sites is 2. The molecular formula is C22H38N4O3. The molecule has 0 aliphatic carbocycles. The summed E-state index contributed by atoms with van der Waals surface area (Å²) in [5.41, 5.74) is 1.15. The first-order valence-corrected chi connectivity index (χ1v) is 10.8. The highest BCUT2D eigenvalue weighted by Crippen LogP contribution is 2.29. The van der Waals surface area contributed by atoms with Gasteiger partial charge in [-0.15, -0.1) is 0 Å². The van der Waals surface area contributed by atoms with Crippen molar-refractivity contribution in [1.82, 2.24) is 10.6 Å². The number of anilines is 1.